The van der Waals surface area contributed by atoms with Gasteiger partial charge in [0.15, 0.2) is 0 Å². The number of benzene rings is 1. The maximum Gasteiger partial charge on any atom is 0.407 e. The van der Waals surface area contributed by atoms with Gasteiger partial charge in [-0.05, 0) is 58.9 Å². The van der Waals surface area contributed by atoms with Gasteiger partial charge in [0.1, 0.15) is 17.5 Å². The first-order valence-electron chi connectivity index (χ1n) is 10.8. The highest BCUT2D eigenvalue weighted by atomic mass is 16.6. The Hall–Kier alpha value is -3.62. The number of amides is 3. The number of rotatable bonds is 5. The average Bonchev–Trinajstić information content (AvgIpc) is 2.88. The Morgan fingerprint density at radius 3 is 2.55 bits per heavy atom. The van der Waals surface area contributed by atoms with Crippen molar-refractivity contribution in [2.45, 2.75) is 52.4 Å². The van der Waals surface area contributed by atoms with Gasteiger partial charge in [-0.2, -0.15) is 0 Å². The van der Waals surface area contributed by atoms with E-state index in [9.17, 15) is 14.4 Å². The molecule has 0 unspecified atom stereocenters. The zero-order valence-electron chi connectivity index (χ0n) is 19.5. The van der Waals surface area contributed by atoms with Crippen LogP contribution in [0.3, 0.4) is 0 Å². The lowest BCUT2D eigenvalue weighted by molar-refractivity contribution is 0.0480. The molecule has 2 N–H and O–H groups in total. The van der Waals surface area contributed by atoms with Crippen molar-refractivity contribution in [1.29, 1.82) is 0 Å². The molecule has 1 aliphatic rings. The molecule has 1 aromatic carbocycles. The quantitative estimate of drug-likeness (QED) is 0.716. The van der Waals surface area contributed by atoms with Crippen LogP contribution in [0.1, 0.15) is 55.3 Å². The van der Waals surface area contributed by atoms with Crippen molar-refractivity contribution in [3.8, 4) is 5.75 Å². The van der Waals surface area contributed by atoms with Crippen LogP contribution in [0.2, 0.25) is 0 Å². The van der Waals surface area contributed by atoms with Crippen molar-refractivity contribution in [2.75, 3.05) is 18.4 Å². The second kappa shape index (κ2) is 9.89. The van der Waals surface area contributed by atoms with Crippen LogP contribution in [0.5, 0.6) is 5.75 Å². The maximum atomic E-state index is 13.3. The first-order chi connectivity index (χ1) is 15.5. The molecule has 0 radical (unpaired) electrons. The van der Waals surface area contributed by atoms with E-state index in [1.165, 1.54) is 0 Å². The van der Waals surface area contributed by atoms with Crippen LogP contribution < -0.4 is 15.4 Å². The summed E-state index contributed by atoms with van der Waals surface area (Å²) in [4.78, 5) is 44.1. The minimum absolute atomic E-state index is 0.102. The third-order valence-electron chi connectivity index (χ3n) is 4.87. The van der Waals surface area contributed by atoms with Crippen LogP contribution in [0.15, 0.2) is 42.7 Å². The van der Waals surface area contributed by atoms with E-state index in [4.69, 9.17) is 9.47 Å². The summed E-state index contributed by atoms with van der Waals surface area (Å²) in [5.41, 5.74) is 0.454. The van der Waals surface area contributed by atoms with Crippen molar-refractivity contribution < 1.29 is 23.9 Å². The van der Waals surface area contributed by atoms with Crippen molar-refractivity contribution >= 4 is 23.6 Å². The first kappa shape index (κ1) is 24.0. The van der Waals surface area contributed by atoms with Gasteiger partial charge in [0.25, 0.3) is 11.8 Å². The molecule has 33 heavy (non-hydrogen) atoms. The van der Waals surface area contributed by atoms with E-state index in [0.29, 0.717) is 11.3 Å². The third kappa shape index (κ3) is 6.21. The number of fused-ring (bicyclic) bond motifs is 1. The summed E-state index contributed by atoms with van der Waals surface area (Å²) < 4.78 is 11.5. The Bertz CT molecular complexity index is 1020. The van der Waals surface area contributed by atoms with Crippen LogP contribution >= 0.6 is 0 Å². The van der Waals surface area contributed by atoms with Crippen molar-refractivity contribution in [1.82, 2.24) is 15.2 Å². The zero-order valence-corrected chi connectivity index (χ0v) is 19.5. The number of anilines is 1. The molecule has 9 nitrogen and oxygen atoms in total. The van der Waals surface area contributed by atoms with Gasteiger partial charge in [0.05, 0.1) is 24.2 Å². The summed E-state index contributed by atoms with van der Waals surface area (Å²) in [6.45, 7) is 9.48. The molecule has 1 aliphatic heterocycles. The van der Waals surface area contributed by atoms with Crippen molar-refractivity contribution in [3.05, 3.63) is 53.9 Å². The Kier molecular flexibility index (Phi) is 7.20. The van der Waals surface area contributed by atoms with E-state index >= 15 is 0 Å². The van der Waals surface area contributed by atoms with Gasteiger partial charge in [-0.15, -0.1) is 0 Å². The normalized spacial score (nSPS) is 15.9. The van der Waals surface area contributed by atoms with Gasteiger partial charge >= 0.3 is 6.09 Å². The molecule has 0 bridgehead atoms. The fraction of sp³-hybridized carbons (Fsp3) is 0.417. The van der Waals surface area contributed by atoms with E-state index in [1.807, 2.05) is 13.8 Å². The molecular weight excluding hydrogens is 424 g/mol. The molecule has 0 saturated carbocycles. The highest BCUT2D eigenvalue weighted by Gasteiger charge is 2.33. The summed E-state index contributed by atoms with van der Waals surface area (Å²) in [7, 11) is 0. The Morgan fingerprint density at radius 2 is 1.91 bits per heavy atom. The van der Waals surface area contributed by atoms with Crippen LogP contribution in [-0.4, -0.2) is 58.6 Å². The first-order valence-corrected chi connectivity index (χ1v) is 10.8. The fourth-order valence-electron chi connectivity index (χ4n) is 3.37. The number of carbonyl (C=O) groups excluding carboxylic acids is 3. The van der Waals surface area contributed by atoms with E-state index in [1.54, 1.807) is 68.4 Å². The minimum atomic E-state index is -0.640. The molecule has 9 heteroatoms. The molecule has 0 aliphatic carbocycles. The molecule has 2 aromatic rings. The zero-order chi connectivity index (χ0) is 24.2. The van der Waals surface area contributed by atoms with Gasteiger partial charge in [0.2, 0.25) is 0 Å². The number of aromatic nitrogens is 1. The Labute approximate surface area is 193 Å². The average molecular weight is 455 g/mol. The highest BCUT2D eigenvalue weighted by Crippen LogP contribution is 2.31. The van der Waals surface area contributed by atoms with Crippen LogP contribution in [-0.2, 0) is 4.74 Å². The summed E-state index contributed by atoms with van der Waals surface area (Å²) in [6.07, 6.45) is 1.97. The van der Waals surface area contributed by atoms with Gasteiger partial charge in [-0.1, -0.05) is 6.07 Å². The Balaban J connectivity index is 1.88. The third-order valence-corrected chi connectivity index (χ3v) is 4.87. The number of pyridine rings is 1. The second-order valence-electron chi connectivity index (χ2n) is 9.05. The number of ether oxygens (including phenoxy) is 2. The molecule has 1 aromatic heterocycles. The predicted molar refractivity (Wildman–Crippen MR) is 123 cm³/mol. The predicted octanol–water partition coefficient (Wildman–Crippen LogP) is 3.47. The number of hydrogen-bond acceptors (Lipinski definition) is 6. The molecule has 0 saturated heterocycles. The molecule has 0 spiro atoms. The number of nitrogens with zero attached hydrogens (tertiary/aromatic N) is 2. The lowest BCUT2D eigenvalue weighted by atomic mass is 10.1. The molecule has 3 rings (SSSR count). The van der Waals surface area contributed by atoms with E-state index in [-0.39, 0.29) is 36.4 Å². The van der Waals surface area contributed by atoms with Crippen LogP contribution in [0.4, 0.5) is 10.5 Å². The lowest BCUT2D eigenvalue weighted by Gasteiger charge is -2.28. The smallest absolute Gasteiger partial charge is 0.407 e. The highest BCUT2D eigenvalue weighted by molar-refractivity contribution is 6.09. The summed E-state index contributed by atoms with van der Waals surface area (Å²) in [5.74, 6) is -0.464. The van der Waals surface area contributed by atoms with Crippen molar-refractivity contribution in [3.63, 3.8) is 0 Å². The number of carbonyl (C=O) groups is 3. The van der Waals surface area contributed by atoms with Gasteiger partial charge in [0, 0.05) is 24.1 Å². The topological polar surface area (TPSA) is 110 Å². The Morgan fingerprint density at radius 1 is 1.21 bits per heavy atom. The number of alkyl carbamates (subject to hydrolysis) is 1. The lowest BCUT2D eigenvalue weighted by Crippen LogP contribution is -2.46. The van der Waals surface area contributed by atoms with E-state index in [0.717, 1.165) is 0 Å². The largest absolute Gasteiger partial charge is 0.485 e. The van der Waals surface area contributed by atoms with E-state index < -0.39 is 23.7 Å². The second-order valence-corrected chi connectivity index (χ2v) is 9.05. The standard InChI is InChI=1S/C24H30N4O5/c1-15(2)28-14-17(13-26-23(31)33-24(3,4)5)32-20-18(7-6-8-19(20)22(28)30)21(29)27-16-9-11-25-12-10-16/h6-12,15,17H,13-14H2,1-5H3,(H,26,31)(H,25,27,29)/t17-/m1/s1. The summed E-state index contributed by atoms with van der Waals surface area (Å²) >= 11 is 0. The molecule has 1 atom stereocenters. The van der Waals surface area contributed by atoms with Crippen LogP contribution in [0, 0.1) is 0 Å². The monoisotopic (exact) mass is 454 g/mol. The van der Waals surface area contributed by atoms with Crippen LogP contribution in [0.25, 0.3) is 0 Å². The maximum absolute atomic E-state index is 13.3. The molecule has 0 fully saturated rings. The summed E-state index contributed by atoms with van der Waals surface area (Å²) in [6, 6.07) is 8.12. The number of nitrogens with one attached hydrogen (secondary N) is 2. The van der Waals surface area contributed by atoms with E-state index in [2.05, 4.69) is 15.6 Å². The molecule has 3 amide bonds. The fourth-order valence-corrected chi connectivity index (χ4v) is 3.37. The molecular formula is C24H30N4O5. The van der Waals surface area contributed by atoms with Crippen molar-refractivity contribution in [2.24, 2.45) is 0 Å². The SMILES string of the molecule is CC(C)N1C[C@@H](CNC(=O)OC(C)(C)C)Oc2c(C(=O)Nc3ccncc3)cccc2C1=O. The van der Waals surface area contributed by atoms with Gasteiger partial charge in [-0.3, -0.25) is 14.6 Å². The molecule has 176 valence electrons. The number of hydrogen-bond donors (Lipinski definition) is 2. The van der Waals surface area contributed by atoms with Gasteiger partial charge in [-0.25, -0.2) is 4.79 Å². The number of para-hydroxylation sites is 1. The summed E-state index contributed by atoms with van der Waals surface area (Å²) in [5, 5.41) is 5.49. The van der Waals surface area contributed by atoms with Gasteiger partial charge < -0.3 is 25.0 Å². The molecule has 2 heterocycles. The minimum Gasteiger partial charge on any atom is -0.485 e.